The first-order valence-corrected chi connectivity index (χ1v) is 8.48. The lowest BCUT2D eigenvalue weighted by atomic mass is 10.0. The Morgan fingerprint density at radius 3 is 2.81 bits per heavy atom. The number of rotatable bonds is 5. The zero-order valence-corrected chi connectivity index (χ0v) is 13.4. The molecule has 0 spiro atoms. The molecule has 0 aliphatic carbocycles. The van der Waals surface area contributed by atoms with Crippen molar-refractivity contribution in [2.75, 3.05) is 18.6 Å². The molecule has 0 saturated heterocycles. The molecule has 2 atom stereocenters. The van der Waals surface area contributed by atoms with Crippen LogP contribution in [0, 0.1) is 18.8 Å². The molecule has 0 bridgehead atoms. The Labute approximate surface area is 128 Å². The second-order valence-corrected chi connectivity index (χ2v) is 6.40. The quantitative estimate of drug-likeness (QED) is 0.804. The van der Waals surface area contributed by atoms with Gasteiger partial charge in [-0.25, -0.2) is 0 Å². The normalized spacial score (nSPS) is 13.0. The first kappa shape index (κ1) is 17.4. The van der Waals surface area contributed by atoms with Crippen LogP contribution in [0.3, 0.4) is 0 Å². The zero-order valence-electron chi connectivity index (χ0n) is 12.6. The highest BCUT2D eigenvalue weighted by molar-refractivity contribution is 7.84. The van der Waals surface area contributed by atoms with Crippen molar-refractivity contribution in [1.82, 2.24) is 5.32 Å². The third-order valence-corrected chi connectivity index (χ3v) is 3.78. The summed E-state index contributed by atoms with van der Waals surface area (Å²) in [6, 6.07) is 5.29. The second kappa shape index (κ2) is 8.60. The number of nitrogens with one attached hydrogen (secondary N) is 1. The van der Waals surface area contributed by atoms with Crippen molar-refractivity contribution < 1.29 is 14.1 Å². The number of aryl methyl sites for hydroxylation is 1. The highest BCUT2D eigenvalue weighted by Gasteiger charge is 2.13. The van der Waals surface area contributed by atoms with Crippen LogP contribution in [0.4, 0.5) is 0 Å². The summed E-state index contributed by atoms with van der Waals surface area (Å²) in [4.78, 5) is 12.2. The van der Waals surface area contributed by atoms with Gasteiger partial charge in [0.25, 0.3) is 5.91 Å². The summed E-state index contributed by atoms with van der Waals surface area (Å²) in [7, 11) is -0.944. The standard InChI is InChI=1S/C16H21NO3S/c1-12-7-8-14(6-4-5-9-18)10-15(12)16(19)17-13(2)11-21(3)20/h7-8,10,13,18H,5,9,11H2,1-3H3,(H,17,19). The molecule has 1 aromatic rings. The van der Waals surface area contributed by atoms with Crippen molar-refractivity contribution in [3.63, 3.8) is 0 Å². The van der Waals surface area contributed by atoms with Crippen LogP contribution in [-0.2, 0) is 10.8 Å². The van der Waals surface area contributed by atoms with E-state index >= 15 is 0 Å². The van der Waals surface area contributed by atoms with E-state index in [1.165, 1.54) is 0 Å². The molecule has 2 N–H and O–H groups in total. The lowest BCUT2D eigenvalue weighted by molar-refractivity contribution is 0.0943. The summed E-state index contributed by atoms with van der Waals surface area (Å²) >= 11 is 0. The van der Waals surface area contributed by atoms with Crippen LogP contribution in [0.5, 0.6) is 0 Å². The Hall–Kier alpha value is -1.64. The van der Waals surface area contributed by atoms with Crippen LogP contribution in [-0.4, -0.2) is 39.9 Å². The fourth-order valence-corrected chi connectivity index (χ4v) is 2.65. The van der Waals surface area contributed by atoms with Crippen LogP contribution in [0.25, 0.3) is 0 Å². The Kier molecular flexibility index (Phi) is 7.13. The van der Waals surface area contributed by atoms with Crippen LogP contribution >= 0.6 is 0 Å². The van der Waals surface area contributed by atoms with Crippen molar-refractivity contribution in [2.45, 2.75) is 26.3 Å². The van der Waals surface area contributed by atoms with Crippen LogP contribution < -0.4 is 5.32 Å². The van der Waals surface area contributed by atoms with E-state index in [1.54, 1.807) is 12.3 Å². The third kappa shape index (κ3) is 6.11. The molecule has 0 aliphatic heterocycles. The molecule has 0 aromatic heterocycles. The average Bonchev–Trinajstić information content (AvgIpc) is 2.39. The van der Waals surface area contributed by atoms with Gasteiger partial charge >= 0.3 is 0 Å². The van der Waals surface area contributed by atoms with E-state index in [0.29, 0.717) is 17.7 Å². The molecular formula is C16H21NO3S. The van der Waals surface area contributed by atoms with Crippen LogP contribution in [0.15, 0.2) is 18.2 Å². The van der Waals surface area contributed by atoms with Crippen molar-refractivity contribution in [1.29, 1.82) is 0 Å². The molecule has 0 saturated carbocycles. The van der Waals surface area contributed by atoms with E-state index in [9.17, 15) is 9.00 Å². The smallest absolute Gasteiger partial charge is 0.251 e. The van der Waals surface area contributed by atoms with Gasteiger partial charge in [0.1, 0.15) is 0 Å². The number of hydrogen-bond acceptors (Lipinski definition) is 3. The minimum Gasteiger partial charge on any atom is -0.395 e. The number of amides is 1. The average molecular weight is 307 g/mol. The highest BCUT2D eigenvalue weighted by atomic mass is 32.2. The summed E-state index contributed by atoms with van der Waals surface area (Å²) in [6.45, 7) is 3.72. The maximum Gasteiger partial charge on any atom is 0.251 e. The Morgan fingerprint density at radius 1 is 1.48 bits per heavy atom. The molecule has 0 radical (unpaired) electrons. The van der Waals surface area contributed by atoms with Crippen molar-refractivity contribution in [2.24, 2.45) is 0 Å². The first-order chi connectivity index (χ1) is 9.93. The summed E-state index contributed by atoms with van der Waals surface area (Å²) in [5, 5.41) is 11.6. The number of aliphatic hydroxyl groups excluding tert-OH is 1. The minimum absolute atomic E-state index is 0.0257. The molecule has 5 heteroatoms. The monoisotopic (exact) mass is 307 g/mol. The first-order valence-electron chi connectivity index (χ1n) is 6.75. The zero-order chi connectivity index (χ0) is 15.8. The molecule has 21 heavy (non-hydrogen) atoms. The predicted octanol–water partition coefficient (Wildman–Crippen LogP) is 1.23. The van der Waals surface area contributed by atoms with Gasteiger partial charge in [-0.2, -0.15) is 0 Å². The Morgan fingerprint density at radius 2 is 2.19 bits per heavy atom. The lowest BCUT2D eigenvalue weighted by Gasteiger charge is -2.13. The molecule has 114 valence electrons. The van der Waals surface area contributed by atoms with Crippen LogP contribution in [0.1, 0.15) is 34.8 Å². The number of carbonyl (C=O) groups is 1. The van der Waals surface area contributed by atoms with E-state index < -0.39 is 10.8 Å². The number of benzene rings is 1. The molecule has 1 aromatic carbocycles. The lowest BCUT2D eigenvalue weighted by Crippen LogP contribution is -2.36. The van der Waals surface area contributed by atoms with Gasteiger partial charge in [-0.15, -0.1) is 0 Å². The van der Waals surface area contributed by atoms with Gasteiger partial charge in [-0.3, -0.25) is 9.00 Å². The van der Waals surface area contributed by atoms with Gasteiger partial charge in [-0.1, -0.05) is 17.9 Å². The summed E-state index contributed by atoms with van der Waals surface area (Å²) in [5.74, 6) is 5.99. The molecule has 2 unspecified atom stereocenters. The Balaban J connectivity index is 2.86. The number of carbonyl (C=O) groups excluding carboxylic acids is 1. The van der Waals surface area contributed by atoms with Crippen molar-refractivity contribution >= 4 is 16.7 Å². The molecule has 0 heterocycles. The summed E-state index contributed by atoms with van der Waals surface area (Å²) < 4.78 is 11.2. The SMILES string of the molecule is Cc1ccc(C#CCCO)cc1C(=O)NC(C)CS(C)=O. The fourth-order valence-electron chi connectivity index (χ4n) is 1.86. The maximum absolute atomic E-state index is 12.2. The molecule has 1 rings (SSSR count). The van der Waals surface area contributed by atoms with Gasteiger partial charge in [0, 0.05) is 46.4 Å². The fraction of sp³-hybridized carbons (Fsp3) is 0.438. The topological polar surface area (TPSA) is 66.4 Å². The number of hydrogen-bond donors (Lipinski definition) is 2. The van der Waals surface area contributed by atoms with E-state index in [2.05, 4.69) is 17.2 Å². The summed E-state index contributed by atoms with van der Waals surface area (Å²) in [5.41, 5.74) is 2.18. The molecule has 1 amide bonds. The van der Waals surface area contributed by atoms with E-state index in [1.807, 2.05) is 26.0 Å². The predicted molar refractivity (Wildman–Crippen MR) is 85.6 cm³/mol. The molecule has 0 fully saturated rings. The third-order valence-electron chi connectivity index (χ3n) is 2.81. The van der Waals surface area contributed by atoms with E-state index in [0.717, 1.165) is 11.1 Å². The molecule has 4 nitrogen and oxygen atoms in total. The highest BCUT2D eigenvalue weighted by Crippen LogP contribution is 2.11. The summed E-state index contributed by atoms with van der Waals surface area (Å²) in [6.07, 6.45) is 2.03. The van der Waals surface area contributed by atoms with Crippen LogP contribution in [0.2, 0.25) is 0 Å². The molecule has 0 aliphatic rings. The number of aliphatic hydroxyl groups is 1. The van der Waals surface area contributed by atoms with Gasteiger partial charge in [0.15, 0.2) is 0 Å². The van der Waals surface area contributed by atoms with E-state index in [4.69, 9.17) is 5.11 Å². The molecular weight excluding hydrogens is 286 g/mol. The van der Waals surface area contributed by atoms with Gasteiger partial charge in [0.2, 0.25) is 0 Å². The van der Waals surface area contributed by atoms with Gasteiger partial charge in [0.05, 0.1) is 6.61 Å². The Bertz CT molecular complexity index is 587. The minimum atomic E-state index is -0.944. The van der Waals surface area contributed by atoms with Crippen molar-refractivity contribution in [3.05, 3.63) is 34.9 Å². The maximum atomic E-state index is 12.2. The van der Waals surface area contributed by atoms with E-state index in [-0.39, 0.29) is 18.6 Å². The second-order valence-electron chi connectivity index (χ2n) is 4.92. The van der Waals surface area contributed by atoms with Crippen molar-refractivity contribution in [3.8, 4) is 11.8 Å². The van der Waals surface area contributed by atoms with Gasteiger partial charge < -0.3 is 10.4 Å². The largest absolute Gasteiger partial charge is 0.395 e. The van der Waals surface area contributed by atoms with Gasteiger partial charge in [-0.05, 0) is 31.5 Å².